The van der Waals surface area contributed by atoms with Gasteiger partial charge in [-0.05, 0) is 38.5 Å². The molecule has 0 bridgehead atoms. The number of ether oxygens (including phenoxy) is 1. The number of hydrogen-bond acceptors (Lipinski definition) is 3. The molecule has 0 unspecified atom stereocenters. The van der Waals surface area contributed by atoms with Crippen molar-refractivity contribution in [3.63, 3.8) is 0 Å². The van der Waals surface area contributed by atoms with E-state index < -0.39 is 0 Å². The molecule has 2 aliphatic rings. The Balaban J connectivity index is 1.65. The van der Waals surface area contributed by atoms with Crippen LogP contribution in [0.5, 0.6) is 0 Å². The van der Waals surface area contributed by atoms with Crippen LogP contribution in [0.2, 0.25) is 0 Å². The molecule has 5 nitrogen and oxygen atoms in total. The maximum Gasteiger partial charge on any atom is 0.191 e. The van der Waals surface area contributed by atoms with E-state index in [-0.39, 0.29) is 0 Å². The van der Waals surface area contributed by atoms with Gasteiger partial charge in [0.25, 0.3) is 0 Å². The first kappa shape index (κ1) is 17.5. The summed E-state index contributed by atoms with van der Waals surface area (Å²) in [6.07, 6.45) is 7.65. The largest absolute Gasteiger partial charge is 0.385 e. The van der Waals surface area contributed by atoms with E-state index in [1.165, 1.54) is 45.2 Å². The van der Waals surface area contributed by atoms with E-state index in [1.54, 1.807) is 7.11 Å². The molecule has 0 aromatic heterocycles. The average molecular weight is 310 g/mol. The van der Waals surface area contributed by atoms with E-state index in [9.17, 15) is 0 Å². The molecule has 1 aliphatic carbocycles. The summed E-state index contributed by atoms with van der Waals surface area (Å²) in [7, 11) is 1.78. The lowest BCUT2D eigenvalue weighted by molar-refractivity contribution is 0.155. The summed E-state index contributed by atoms with van der Waals surface area (Å²) in [5, 5.41) is 7.01. The second kappa shape index (κ2) is 10.1. The van der Waals surface area contributed by atoms with Crippen LogP contribution in [-0.2, 0) is 4.74 Å². The van der Waals surface area contributed by atoms with Gasteiger partial charge in [0.05, 0.1) is 0 Å². The van der Waals surface area contributed by atoms with Crippen molar-refractivity contribution in [2.24, 2.45) is 10.9 Å². The third kappa shape index (κ3) is 6.97. The van der Waals surface area contributed by atoms with Crippen molar-refractivity contribution in [3.8, 4) is 0 Å². The minimum Gasteiger partial charge on any atom is -0.385 e. The number of nitrogens with zero attached hydrogens (tertiary/aromatic N) is 2. The first-order chi connectivity index (χ1) is 10.8. The van der Waals surface area contributed by atoms with Crippen LogP contribution < -0.4 is 10.6 Å². The van der Waals surface area contributed by atoms with Crippen LogP contribution in [0, 0.1) is 5.92 Å². The van der Waals surface area contributed by atoms with Crippen molar-refractivity contribution in [2.45, 2.75) is 51.5 Å². The summed E-state index contributed by atoms with van der Waals surface area (Å²) in [4.78, 5) is 7.28. The van der Waals surface area contributed by atoms with E-state index in [0.29, 0.717) is 6.04 Å². The van der Waals surface area contributed by atoms with Crippen LogP contribution in [0.15, 0.2) is 4.99 Å². The molecule has 0 spiro atoms. The minimum atomic E-state index is 0.567. The number of piperidine rings is 1. The van der Waals surface area contributed by atoms with E-state index in [1.807, 2.05) is 0 Å². The normalized spacial score (nSPS) is 21.1. The molecule has 2 rings (SSSR count). The zero-order valence-electron chi connectivity index (χ0n) is 14.4. The van der Waals surface area contributed by atoms with Crippen molar-refractivity contribution < 1.29 is 4.74 Å². The van der Waals surface area contributed by atoms with E-state index >= 15 is 0 Å². The summed E-state index contributed by atoms with van der Waals surface area (Å²) in [5.41, 5.74) is 0. The molecule has 1 aliphatic heterocycles. The number of aliphatic imine (C=N–C) groups is 1. The fourth-order valence-electron chi connectivity index (χ4n) is 3.01. The highest BCUT2D eigenvalue weighted by molar-refractivity contribution is 5.80. The van der Waals surface area contributed by atoms with Crippen molar-refractivity contribution in [1.82, 2.24) is 15.5 Å². The third-order valence-electron chi connectivity index (χ3n) is 4.60. The number of guanidine groups is 1. The maximum absolute atomic E-state index is 5.13. The van der Waals surface area contributed by atoms with Crippen molar-refractivity contribution in [1.29, 1.82) is 0 Å². The SMILES string of the molecule is CCNC(=NCCC1CC1)NC1CCN(CCCOC)CC1. The van der Waals surface area contributed by atoms with Gasteiger partial charge in [-0.2, -0.15) is 0 Å². The Labute approximate surface area is 135 Å². The molecule has 0 aromatic carbocycles. The molecule has 5 heteroatoms. The number of hydrogen-bond donors (Lipinski definition) is 2. The molecule has 0 aromatic rings. The second-order valence-electron chi connectivity index (χ2n) is 6.60. The molecule has 1 heterocycles. The molecule has 22 heavy (non-hydrogen) atoms. The lowest BCUT2D eigenvalue weighted by atomic mass is 10.1. The Morgan fingerprint density at radius 3 is 2.64 bits per heavy atom. The van der Waals surface area contributed by atoms with Gasteiger partial charge in [-0.25, -0.2) is 0 Å². The van der Waals surface area contributed by atoms with Crippen LogP contribution in [0.4, 0.5) is 0 Å². The van der Waals surface area contributed by atoms with E-state index in [4.69, 9.17) is 9.73 Å². The smallest absolute Gasteiger partial charge is 0.191 e. The van der Waals surface area contributed by atoms with Gasteiger partial charge in [-0.1, -0.05) is 12.8 Å². The molecule has 2 fully saturated rings. The molecule has 1 saturated carbocycles. The highest BCUT2D eigenvalue weighted by Crippen LogP contribution is 2.32. The minimum absolute atomic E-state index is 0.567. The zero-order chi connectivity index (χ0) is 15.6. The lowest BCUT2D eigenvalue weighted by Gasteiger charge is -2.33. The molecule has 128 valence electrons. The lowest BCUT2D eigenvalue weighted by Crippen LogP contribution is -2.48. The monoisotopic (exact) mass is 310 g/mol. The first-order valence-corrected chi connectivity index (χ1v) is 9.08. The Hall–Kier alpha value is -0.810. The second-order valence-corrected chi connectivity index (χ2v) is 6.60. The van der Waals surface area contributed by atoms with Gasteiger partial charge in [0.15, 0.2) is 5.96 Å². The summed E-state index contributed by atoms with van der Waals surface area (Å²) < 4.78 is 5.13. The highest BCUT2D eigenvalue weighted by Gasteiger charge is 2.21. The van der Waals surface area contributed by atoms with Crippen LogP contribution >= 0.6 is 0 Å². The third-order valence-corrected chi connectivity index (χ3v) is 4.60. The summed E-state index contributed by atoms with van der Waals surface area (Å²) in [6, 6.07) is 0.567. The van der Waals surface area contributed by atoms with Gasteiger partial charge in [-0.3, -0.25) is 4.99 Å². The van der Waals surface area contributed by atoms with Gasteiger partial charge < -0.3 is 20.3 Å². The van der Waals surface area contributed by atoms with Gasteiger partial charge in [-0.15, -0.1) is 0 Å². The van der Waals surface area contributed by atoms with Crippen LogP contribution in [0.3, 0.4) is 0 Å². The molecule has 0 radical (unpaired) electrons. The van der Waals surface area contributed by atoms with Crippen molar-refractivity contribution in [2.75, 3.05) is 46.4 Å². The van der Waals surface area contributed by atoms with Crippen LogP contribution in [0.25, 0.3) is 0 Å². The average Bonchev–Trinajstić information content (AvgIpc) is 3.34. The molecule has 1 saturated heterocycles. The van der Waals surface area contributed by atoms with E-state index in [0.717, 1.165) is 44.5 Å². The van der Waals surface area contributed by atoms with Crippen molar-refractivity contribution >= 4 is 5.96 Å². The molecule has 2 N–H and O–H groups in total. The fraction of sp³-hybridized carbons (Fsp3) is 0.941. The van der Waals surface area contributed by atoms with Gasteiger partial charge in [0, 0.05) is 52.5 Å². The Morgan fingerprint density at radius 1 is 1.23 bits per heavy atom. The molecule has 0 amide bonds. The summed E-state index contributed by atoms with van der Waals surface area (Å²) >= 11 is 0. The number of likely N-dealkylation sites (tertiary alicyclic amines) is 1. The predicted molar refractivity (Wildman–Crippen MR) is 92.4 cm³/mol. The highest BCUT2D eigenvalue weighted by atomic mass is 16.5. The Morgan fingerprint density at radius 2 is 2.00 bits per heavy atom. The van der Waals surface area contributed by atoms with E-state index in [2.05, 4.69) is 22.5 Å². The molecule has 0 atom stereocenters. The fourth-order valence-corrected chi connectivity index (χ4v) is 3.01. The van der Waals surface area contributed by atoms with Gasteiger partial charge in [0.2, 0.25) is 0 Å². The first-order valence-electron chi connectivity index (χ1n) is 9.08. The standard InChI is InChI=1S/C17H34N4O/c1-3-18-17(19-10-7-15-5-6-15)20-16-8-12-21(13-9-16)11-4-14-22-2/h15-16H,3-14H2,1-2H3,(H2,18,19,20). The van der Waals surface area contributed by atoms with Crippen LogP contribution in [0.1, 0.15) is 45.4 Å². The quantitative estimate of drug-likeness (QED) is 0.388. The number of methoxy groups -OCH3 is 1. The van der Waals surface area contributed by atoms with Gasteiger partial charge in [0.1, 0.15) is 0 Å². The Bertz CT molecular complexity index is 323. The molecular formula is C17H34N4O. The predicted octanol–water partition coefficient (Wildman–Crippen LogP) is 1.84. The van der Waals surface area contributed by atoms with Gasteiger partial charge >= 0.3 is 0 Å². The van der Waals surface area contributed by atoms with Crippen LogP contribution in [-0.4, -0.2) is 63.3 Å². The topological polar surface area (TPSA) is 48.9 Å². The number of rotatable bonds is 9. The number of nitrogens with one attached hydrogen (secondary N) is 2. The Kier molecular flexibility index (Phi) is 8.02. The van der Waals surface area contributed by atoms with Crippen molar-refractivity contribution in [3.05, 3.63) is 0 Å². The summed E-state index contributed by atoms with van der Waals surface area (Å²) in [6.45, 7) is 8.44. The summed E-state index contributed by atoms with van der Waals surface area (Å²) in [5.74, 6) is 1.97. The molecular weight excluding hydrogens is 276 g/mol. The zero-order valence-corrected chi connectivity index (χ0v) is 14.4. The maximum atomic E-state index is 5.13.